The lowest BCUT2D eigenvalue weighted by molar-refractivity contribution is 0.177. The smallest absolute Gasteiger partial charge is 0.156 e. The summed E-state index contributed by atoms with van der Waals surface area (Å²) in [5, 5.41) is 6.95. The molecule has 3 heterocycles. The van der Waals surface area contributed by atoms with Gasteiger partial charge < -0.3 is 9.64 Å². The third kappa shape index (κ3) is 2.51. The number of methoxy groups -OCH3 is 1. The maximum Gasteiger partial charge on any atom is 0.156 e. The van der Waals surface area contributed by atoms with Crippen molar-refractivity contribution in [2.75, 3.05) is 18.6 Å². The minimum Gasteiger partial charge on any atom is -0.377 e. The molecule has 0 radical (unpaired) electrons. The Morgan fingerprint density at radius 3 is 3.10 bits per heavy atom. The fraction of sp³-hybridized carbons (Fsp3) is 0.500. The highest BCUT2D eigenvalue weighted by Crippen LogP contribution is 2.34. The molecule has 1 atom stereocenters. The van der Waals surface area contributed by atoms with Crippen LogP contribution in [-0.2, 0) is 11.3 Å². The summed E-state index contributed by atoms with van der Waals surface area (Å²) >= 11 is 0. The van der Waals surface area contributed by atoms with Crippen molar-refractivity contribution < 1.29 is 4.74 Å². The van der Waals surface area contributed by atoms with Crippen LogP contribution in [0.15, 0.2) is 18.5 Å². The fourth-order valence-corrected chi connectivity index (χ4v) is 2.78. The molecule has 1 fully saturated rings. The first kappa shape index (κ1) is 13.1. The largest absolute Gasteiger partial charge is 0.377 e. The lowest BCUT2D eigenvalue weighted by Gasteiger charge is -2.25. The van der Waals surface area contributed by atoms with E-state index in [1.165, 1.54) is 12.0 Å². The van der Waals surface area contributed by atoms with Crippen molar-refractivity contribution in [3.63, 3.8) is 0 Å². The number of aromatic nitrogens is 4. The molecule has 0 saturated carbocycles. The first-order chi connectivity index (χ1) is 9.78. The van der Waals surface area contributed by atoms with E-state index in [2.05, 4.69) is 25.1 Å². The van der Waals surface area contributed by atoms with E-state index < -0.39 is 0 Å². The first-order valence-corrected chi connectivity index (χ1v) is 6.87. The number of aromatic amines is 1. The van der Waals surface area contributed by atoms with E-state index in [4.69, 9.17) is 4.74 Å². The molecule has 0 aliphatic carbocycles. The number of anilines is 1. The lowest BCUT2D eigenvalue weighted by atomic mass is 10.1. The number of ether oxygens (including phenoxy) is 1. The summed E-state index contributed by atoms with van der Waals surface area (Å²) in [6.07, 6.45) is 6.15. The summed E-state index contributed by atoms with van der Waals surface area (Å²) < 4.78 is 5.14. The van der Waals surface area contributed by atoms with Crippen molar-refractivity contribution in [3.05, 3.63) is 35.5 Å². The van der Waals surface area contributed by atoms with Crippen molar-refractivity contribution >= 4 is 5.82 Å². The van der Waals surface area contributed by atoms with Crippen LogP contribution in [0.2, 0.25) is 0 Å². The molecule has 1 N–H and O–H groups in total. The van der Waals surface area contributed by atoms with Gasteiger partial charge in [0.2, 0.25) is 0 Å². The highest BCUT2D eigenvalue weighted by molar-refractivity contribution is 5.44. The topological polar surface area (TPSA) is 66.9 Å². The number of H-pyrrole nitrogens is 1. The number of nitrogens with zero attached hydrogens (tertiary/aromatic N) is 4. The van der Waals surface area contributed by atoms with Crippen LogP contribution in [0, 0.1) is 6.92 Å². The van der Waals surface area contributed by atoms with Gasteiger partial charge in [0.15, 0.2) is 5.82 Å². The van der Waals surface area contributed by atoms with E-state index in [1.54, 1.807) is 7.11 Å². The Morgan fingerprint density at radius 2 is 2.35 bits per heavy atom. The molecule has 1 saturated heterocycles. The van der Waals surface area contributed by atoms with Gasteiger partial charge in [-0.1, -0.05) is 0 Å². The summed E-state index contributed by atoms with van der Waals surface area (Å²) in [5.74, 6) is 1.72. The van der Waals surface area contributed by atoms with Crippen molar-refractivity contribution in [1.82, 2.24) is 20.2 Å². The third-order valence-electron chi connectivity index (χ3n) is 3.61. The van der Waals surface area contributed by atoms with Crippen LogP contribution in [0.25, 0.3) is 0 Å². The van der Waals surface area contributed by atoms with Crippen molar-refractivity contribution in [1.29, 1.82) is 0 Å². The van der Waals surface area contributed by atoms with E-state index >= 15 is 0 Å². The zero-order valence-electron chi connectivity index (χ0n) is 11.8. The van der Waals surface area contributed by atoms with Gasteiger partial charge in [-0.05, 0) is 19.8 Å². The molecule has 2 aromatic heterocycles. The molecular formula is C14H19N5O. The second-order valence-corrected chi connectivity index (χ2v) is 5.10. The number of rotatable bonds is 4. The van der Waals surface area contributed by atoms with E-state index in [-0.39, 0.29) is 0 Å². The maximum absolute atomic E-state index is 5.14. The second-order valence-electron chi connectivity index (χ2n) is 5.10. The van der Waals surface area contributed by atoms with Crippen LogP contribution in [0.1, 0.15) is 36.0 Å². The van der Waals surface area contributed by atoms with Crippen LogP contribution in [-0.4, -0.2) is 33.8 Å². The predicted molar refractivity (Wildman–Crippen MR) is 75.4 cm³/mol. The Labute approximate surface area is 118 Å². The maximum atomic E-state index is 5.14. The quantitative estimate of drug-likeness (QED) is 0.922. The zero-order chi connectivity index (χ0) is 13.9. The molecule has 0 amide bonds. The Kier molecular flexibility index (Phi) is 3.64. The summed E-state index contributed by atoms with van der Waals surface area (Å²) in [7, 11) is 1.66. The van der Waals surface area contributed by atoms with Gasteiger partial charge in [0.1, 0.15) is 12.4 Å². The van der Waals surface area contributed by atoms with Crippen LogP contribution < -0.4 is 4.90 Å². The van der Waals surface area contributed by atoms with Crippen LogP contribution in [0.5, 0.6) is 0 Å². The summed E-state index contributed by atoms with van der Waals surface area (Å²) in [4.78, 5) is 11.4. The molecule has 6 heteroatoms. The van der Waals surface area contributed by atoms with Gasteiger partial charge in [-0.25, -0.2) is 9.97 Å². The highest BCUT2D eigenvalue weighted by Gasteiger charge is 2.28. The van der Waals surface area contributed by atoms with Gasteiger partial charge in [0, 0.05) is 37.2 Å². The Hall–Kier alpha value is -1.95. The summed E-state index contributed by atoms with van der Waals surface area (Å²) in [5.41, 5.74) is 2.19. The lowest BCUT2D eigenvalue weighted by Crippen LogP contribution is -2.24. The summed E-state index contributed by atoms with van der Waals surface area (Å²) in [6.45, 7) is 3.45. The molecule has 20 heavy (non-hydrogen) atoms. The number of nitrogens with one attached hydrogen (secondary N) is 1. The van der Waals surface area contributed by atoms with Gasteiger partial charge in [-0.15, -0.1) is 0 Å². The molecule has 0 aromatic carbocycles. The molecule has 0 bridgehead atoms. The van der Waals surface area contributed by atoms with E-state index in [9.17, 15) is 0 Å². The predicted octanol–water partition coefficient (Wildman–Crippen LogP) is 2.00. The molecule has 106 valence electrons. The Morgan fingerprint density at radius 1 is 1.45 bits per heavy atom. The number of hydrogen-bond acceptors (Lipinski definition) is 5. The Bertz CT molecular complexity index is 569. The first-order valence-electron chi connectivity index (χ1n) is 6.87. The average molecular weight is 273 g/mol. The summed E-state index contributed by atoms with van der Waals surface area (Å²) in [6, 6.07) is 2.39. The third-order valence-corrected chi connectivity index (χ3v) is 3.61. The van der Waals surface area contributed by atoms with Gasteiger partial charge in [0.25, 0.3) is 0 Å². The van der Waals surface area contributed by atoms with Gasteiger partial charge in [-0.2, -0.15) is 5.10 Å². The fourth-order valence-electron chi connectivity index (χ4n) is 2.78. The molecule has 0 spiro atoms. The molecule has 6 nitrogen and oxygen atoms in total. The minimum atomic E-state index is 0.346. The van der Waals surface area contributed by atoms with Crippen LogP contribution >= 0.6 is 0 Å². The highest BCUT2D eigenvalue weighted by atomic mass is 16.5. The minimum absolute atomic E-state index is 0.346. The van der Waals surface area contributed by atoms with Crippen molar-refractivity contribution in [2.45, 2.75) is 32.4 Å². The number of aryl methyl sites for hydroxylation is 1. The molecular weight excluding hydrogens is 254 g/mol. The molecule has 2 aromatic rings. The Balaban J connectivity index is 1.91. The monoisotopic (exact) mass is 273 g/mol. The van der Waals surface area contributed by atoms with E-state index in [0.717, 1.165) is 30.3 Å². The molecule has 1 aliphatic rings. The van der Waals surface area contributed by atoms with Gasteiger partial charge in [0.05, 0.1) is 12.2 Å². The second kappa shape index (κ2) is 5.58. The van der Waals surface area contributed by atoms with Gasteiger partial charge in [-0.3, -0.25) is 5.10 Å². The average Bonchev–Trinajstić information content (AvgIpc) is 3.09. The zero-order valence-corrected chi connectivity index (χ0v) is 11.8. The van der Waals surface area contributed by atoms with E-state index in [1.807, 2.05) is 25.4 Å². The molecule has 1 aliphatic heterocycles. The SMILES string of the molecule is COCc1nc(C)cc(N2CCC[C@H]2c2cn[nH]c2)n1. The normalized spacial score (nSPS) is 18.7. The van der Waals surface area contributed by atoms with Gasteiger partial charge >= 0.3 is 0 Å². The van der Waals surface area contributed by atoms with E-state index in [0.29, 0.717) is 12.6 Å². The van der Waals surface area contributed by atoms with Crippen LogP contribution in [0.4, 0.5) is 5.82 Å². The standard InChI is InChI=1S/C14H19N5O/c1-10-6-14(18-13(17-10)9-20-2)19-5-3-4-12(19)11-7-15-16-8-11/h6-8,12H,3-5,9H2,1-2H3,(H,15,16)/t12-/m0/s1. The van der Waals surface area contributed by atoms with Crippen molar-refractivity contribution in [2.24, 2.45) is 0 Å². The number of hydrogen-bond donors (Lipinski definition) is 1. The van der Waals surface area contributed by atoms with Crippen molar-refractivity contribution in [3.8, 4) is 0 Å². The molecule has 0 unspecified atom stereocenters. The van der Waals surface area contributed by atoms with Crippen LogP contribution in [0.3, 0.4) is 0 Å². The molecule has 3 rings (SSSR count).